The molecule has 0 aliphatic heterocycles. The molecule has 0 fully saturated rings. The SMILES string of the molecule is CCC(C)C(COS(C)(=O)=O)c1ccc(Cl)cc1Cl. The van der Waals surface area contributed by atoms with Gasteiger partial charge < -0.3 is 0 Å². The van der Waals surface area contributed by atoms with Gasteiger partial charge in [-0.25, -0.2) is 0 Å². The Balaban J connectivity index is 3.02. The number of hydrogen-bond donors (Lipinski definition) is 0. The zero-order chi connectivity index (χ0) is 14.6. The Kier molecular flexibility index (Phi) is 6.12. The fourth-order valence-electron chi connectivity index (χ4n) is 1.84. The fourth-order valence-corrected chi connectivity index (χ4v) is 2.79. The normalized spacial score (nSPS) is 15.2. The maximum Gasteiger partial charge on any atom is 0.264 e. The second kappa shape index (κ2) is 6.93. The third kappa shape index (κ3) is 5.30. The van der Waals surface area contributed by atoms with Crippen LogP contribution in [0.25, 0.3) is 0 Å². The van der Waals surface area contributed by atoms with Gasteiger partial charge in [0.2, 0.25) is 0 Å². The Labute approximate surface area is 125 Å². The van der Waals surface area contributed by atoms with Crippen molar-refractivity contribution in [1.29, 1.82) is 0 Å². The topological polar surface area (TPSA) is 43.4 Å². The summed E-state index contributed by atoms with van der Waals surface area (Å²) in [5.74, 6) is 0.171. The molecule has 1 aromatic rings. The number of halogens is 2. The summed E-state index contributed by atoms with van der Waals surface area (Å²) in [6, 6.07) is 5.24. The van der Waals surface area contributed by atoms with E-state index in [0.717, 1.165) is 18.2 Å². The molecule has 1 rings (SSSR count). The molecule has 0 saturated carbocycles. The Morgan fingerprint density at radius 3 is 2.42 bits per heavy atom. The number of benzene rings is 1. The molecular weight excluding hydrogens is 307 g/mol. The van der Waals surface area contributed by atoms with Crippen LogP contribution < -0.4 is 0 Å². The standard InChI is InChI=1S/C13H18Cl2O3S/c1-4-9(2)12(8-18-19(3,16)17)11-6-5-10(14)7-13(11)15/h5-7,9,12H,4,8H2,1-3H3. The maximum atomic E-state index is 11.1. The summed E-state index contributed by atoms with van der Waals surface area (Å²) in [7, 11) is -3.46. The van der Waals surface area contributed by atoms with Crippen LogP contribution in [0, 0.1) is 5.92 Å². The molecule has 108 valence electrons. The van der Waals surface area contributed by atoms with Crippen LogP contribution in [0.2, 0.25) is 10.0 Å². The van der Waals surface area contributed by atoms with Gasteiger partial charge in [0.15, 0.2) is 0 Å². The van der Waals surface area contributed by atoms with Gasteiger partial charge in [0.05, 0.1) is 12.9 Å². The van der Waals surface area contributed by atoms with Crippen LogP contribution in [-0.4, -0.2) is 21.3 Å². The minimum Gasteiger partial charge on any atom is -0.270 e. The molecule has 0 aliphatic carbocycles. The minimum absolute atomic E-state index is 0.0792. The predicted molar refractivity (Wildman–Crippen MR) is 79.5 cm³/mol. The molecule has 0 amide bonds. The van der Waals surface area contributed by atoms with Gasteiger partial charge in [-0.3, -0.25) is 4.18 Å². The van der Waals surface area contributed by atoms with E-state index in [2.05, 4.69) is 0 Å². The summed E-state index contributed by atoms with van der Waals surface area (Å²) >= 11 is 12.1. The molecule has 2 atom stereocenters. The van der Waals surface area contributed by atoms with Crippen LogP contribution >= 0.6 is 23.2 Å². The van der Waals surface area contributed by atoms with E-state index < -0.39 is 10.1 Å². The summed E-state index contributed by atoms with van der Waals surface area (Å²) in [6.07, 6.45) is 1.95. The average molecular weight is 325 g/mol. The number of rotatable bonds is 6. The molecule has 0 spiro atoms. The van der Waals surface area contributed by atoms with Gasteiger partial charge in [0.25, 0.3) is 10.1 Å². The maximum absolute atomic E-state index is 11.1. The van der Waals surface area contributed by atoms with E-state index in [0.29, 0.717) is 10.0 Å². The van der Waals surface area contributed by atoms with Crippen molar-refractivity contribution in [3.8, 4) is 0 Å². The van der Waals surface area contributed by atoms with Gasteiger partial charge in [-0.2, -0.15) is 8.42 Å². The lowest BCUT2D eigenvalue weighted by atomic mass is 9.86. The highest BCUT2D eigenvalue weighted by atomic mass is 35.5. The molecule has 0 aromatic heterocycles. The van der Waals surface area contributed by atoms with E-state index in [1.165, 1.54) is 0 Å². The molecule has 3 nitrogen and oxygen atoms in total. The summed E-state index contributed by atoms with van der Waals surface area (Å²) < 4.78 is 27.2. The van der Waals surface area contributed by atoms with Crippen LogP contribution in [0.4, 0.5) is 0 Å². The minimum atomic E-state index is -3.46. The molecule has 0 heterocycles. The van der Waals surface area contributed by atoms with Gasteiger partial charge in [-0.05, 0) is 23.6 Å². The van der Waals surface area contributed by atoms with Crippen molar-refractivity contribution in [1.82, 2.24) is 0 Å². The second-order valence-corrected chi connectivity index (χ2v) is 7.13. The lowest BCUT2D eigenvalue weighted by molar-refractivity contribution is 0.256. The molecule has 0 N–H and O–H groups in total. The first kappa shape index (κ1) is 16.8. The van der Waals surface area contributed by atoms with Crippen LogP contribution in [0.1, 0.15) is 31.7 Å². The first-order valence-corrected chi connectivity index (χ1v) is 8.61. The molecule has 1 aromatic carbocycles. The molecule has 0 saturated heterocycles. The van der Waals surface area contributed by atoms with Crippen LogP contribution in [-0.2, 0) is 14.3 Å². The van der Waals surface area contributed by atoms with E-state index in [9.17, 15) is 8.42 Å². The van der Waals surface area contributed by atoms with Crippen molar-refractivity contribution in [2.45, 2.75) is 26.2 Å². The monoisotopic (exact) mass is 324 g/mol. The molecule has 0 aliphatic rings. The Bertz CT molecular complexity index is 529. The first-order chi connectivity index (χ1) is 8.74. The van der Waals surface area contributed by atoms with E-state index in [-0.39, 0.29) is 18.4 Å². The van der Waals surface area contributed by atoms with Crippen molar-refractivity contribution < 1.29 is 12.6 Å². The van der Waals surface area contributed by atoms with Crippen molar-refractivity contribution in [2.75, 3.05) is 12.9 Å². The third-order valence-electron chi connectivity index (χ3n) is 3.15. The van der Waals surface area contributed by atoms with Crippen LogP contribution in [0.15, 0.2) is 18.2 Å². The predicted octanol–water partition coefficient (Wildman–Crippen LogP) is 4.10. The molecular formula is C13H18Cl2O3S. The lowest BCUT2D eigenvalue weighted by Gasteiger charge is -2.24. The Morgan fingerprint density at radius 1 is 1.32 bits per heavy atom. The lowest BCUT2D eigenvalue weighted by Crippen LogP contribution is -2.18. The summed E-state index contributed by atoms with van der Waals surface area (Å²) in [5, 5.41) is 1.09. The molecule has 6 heteroatoms. The highest BCUT2D eigenvalue weighted by Gasteiger charge is 2.22. The molecule has 0 bridgehead atoms. The molecule has 0 radical (unpaired) electrons. The van der Waals surface area contributed by atoms with Gasteiger partial charge in [-0.15, -0.1) is 0 Å². The van der Waals surface area contributed by atoms with Crippen molar-refractivity contribution >= 4 is 33.3 Å². The van der Waals surface area contributed by atoms with E-state index in [1.54, 1.807) is 12.1 Å². The zero-order valence-corrected chi connectivity index (χ0v) is 13.5. The van der Waals surface area contributed by atoms with Gasteiger partial charge in [0, 0.05) is 16.0 Å². The first-order valence-electron chi connectivity index (χ1n) is 6.04. The number of hydrogen-bond acceptors (Lipinski definition) is 3. The highest BCUT2D eigenvalue weighted by molar-refractivity contribution is 7.85. The highest BCUT2D eigenvalue weighted by Crippen LogP contribution is 2.34. The largest absolute Gasteiger partial charge is 0.270 e. The Hall–Kier alpha value is -0.290. The van der Waals surface area contributed by atoms with Crippen LogP contribution in [0.5, 0.6) is 0 Å². The quantitative estimate of drug-likeness (QED) is 0.740. The molecule has 19 heavy (non-hydrogen) atoms. The van der Waals surface area contributed by atoms with Crippen molar-refractivity contribution in [2.24, 2.45) is 5.92 Å². The summed E-state index contributed by atoms with van der Waals surface area (Å²) in [6.45, 7) is 4.18. The van der Waals surface area contributed by atoms with Crippen molar-refractivity contribution in [3.05, 3.63) is 33.8 Å². The van der Waals surface area contributed by atoms with Gasteiger partial charge in [0.1, 0.15) is 0 Å². The van der Waals surface area contributed by atoms with E-state index >= 15 is 0 Å². The zero-order valence-electron chi connectivity index (χ0n) is 11.2. The molecule has 2 unspecified atom stereocenters. The second-order valence-electron chi connectivity index (χ2n) is 4.65. The average Bonchev–Trinajstić information content (AvgIpc) is 2.29. The van der Waals surface area contributed by atoms with Crippen molar-refractivity contribution in [3.63, 3.8) is 0 Å². The summed E-state index contributed by atoms with van der Waals surface area (Å²) in [5.41, 5.74) is 0.865. The van der Waals surface area contributed by atoms with E-state index in [4.69, 9.17) is 27.4 Å². The van der Waals surface area contributed by atoms with Crippen LogP contribution in [0.3, 0.4) is 0 Å². The fraction of sp³-hybridized carbons (Fsp3) is 0.538. The van der Waals surface area contributed by atoms with Gasteiger partial charge in [-0.1, -0.05) is 49.5 Å². The summed E-state index contributed by atoms with van der Waals surface area (Å²) in [4.78, 5) is 0. The smallest absolute Gasteiger partial charge is 0.264 e. The van der Waals surface area contributed by atoms with E-state index in [1.807, 2.05) is 19.9 Å². The van der Waals surface area contributed by atoms with Gasteiger partial charge >= 0.3 is 0 Å². The third-order valence-corrected chi connectivity index (χ3v) is 4.28. The Morgan fingerprint density at radius 2 is 1.95 bits per heavy atom.